The lowest BCUT2D eigenvalue weighted by atomic mass is 9.82. The molecule has 302 valence electrons. The van der Waals surface area contributed by atoms with Crippen molar-refractivity contribution in [2.45, 2.75) is 19.3 Å². The first-order valence-corrected chi connectivity index (χ1v) is 22.2. The highest BCUT2D eigenvalue weighted by Gasteiger charge is 2.35. The van der Waals surface area contributed by atoms with Gasteiger partial charge in [-0.05, 0) is 123 Å². The first-order valence-electron chi connectivity index (χ1n) is 22.2. The van der Waals surface area contributed by atoms with E-state index in [1.807, 2.05) is 12.1 Å². The van der Waals surface area contributed by atoms with Crippen LogP contribution < -0.4 is 4.90 Å². The average Bonchev–Trinajstić information content (AvgIpc) is 3.98. The number of hydrogen-bond donors (Lipinski definition) is 0. The van der Waals surface area contributed by atoms with Gasteiger partial charge < -0.3 is 13.9 Å². The monoisotopic (exact) mass is 818 g/mol. The molecule has 0 aliphatic heterocycles. The highest BCUT2D eigenvalue weighted by molar-refractivity contribution is 6.22. The van der Waals surface area contributed by atoms with E-state index in [2.05, 4.69) is 230 Å². The quantitative estimate of drug-likeness (QED) is 0.167. The van der Waals surface area contributed by atoms with Gasteiger partial charge in [0.1, 0.15) is 11.2 Å². The van der Waals surface area contributed by atoms with Gasteiger partial charge in [-0.25, -0.2) is 0 Å². The van der Waals surface area contributed by atoms with E-state index in [0.29, 0.717) is 0 Å². The first kappa shape index (κ1) is 36.5. The molecule has 0 atom stereocenters. The molecule has 0 spiro atoms. The lowest BCUT2D eigenvalue weighted by Gasteiger charge is -2.28. The van der Waals surface area contributed by atoms with Crippen LogP contribution in [0.1, 0.15) is 25.0 Å². The number of hydrogen-bond acceptors (Lipinski definition) is 2. The number of benzene rings is 10. The van der Waals surface area contributed by atoms with Gasteiger partial charge in [-0.1, -0.05) is 159 Å². The van der Waals surface area contributed by atoms with E-state index in [1.165, 1.54) is 66.0 Å². The molecule has 13 rings (SSSR count). The Labute approximate surface area is 371 Å². The van der Waals surface area contributed by atoms with E-state index in [-0.39, 0.29) is 5.41 Å². The number of aromatic nitrogens is 1. The van der Waals surface area contributed by atoms with Gasteiger partial charge in [0.15, 0.2) is 0 Å². The van der Waals surface area contributed by atoms with Gasteiger partial charge in [0.05, 0.1) is 11.0 Å². The third-order valence-corrected chi connectivity index (χ3v) is 13.8. The van der Waals surface area contributed by atoms with Gasteiger partial charge in [0, 0.05) is 55.3 Å². The van der Waals surface area contributed by atoms with Crippen LogP contribution >= 0.6 is 0 Å². The smallest absolute Gasteiger partial charge is 0.143 e. The predicted octanol–water partition coefficient (Wildman–Crippen LogP) is 16.9. The van der Waals surface area contributed by atoms with Crippen LogP contribution in [0.3, 0.4) is 0 Å². The summed E-state index contributed by atoms with van der Waals surface area (Å²) >= 11 is 0. The lowest BCUT2D eigenvalue weighted by molar-refractivity contribution is 0.660. The maximum absolute atomic E-state index is 6.46. The molecule has 2 heterocycles. The molecule has 0 radical (unpaired) electrons. The molecule has 1 aliphatic rings. The highest BCUT2D eigenvalue weighted by Crippen LogP contribution is 2.51. The SMILES string of the molecule is CC1(C)c2ccccc2-c2ccc(N(c3ccc(-c4ccc5c(c4)c4c6ccccc6ccc4n5-c4ccccc4)cc3)c3ccc(-c4cccc5c4oc4ccccc45)cc3)cc21. The molecule has 10 aromatic carbocycles. The zero-order valence-electron chi connectivity index (χ0n) is 35.6. The second kappa shape index (κ2) is 13.9. The average molecular weight is 819 g/mol. The molecule has 0 bridgehead atoms. The van der Waals surface area contributed by atoms with Crippen molar-refractivity contribution in [1.82, 2.24) is 4.57 Å². The maximum atomic E-state index is 6.46. The van der Waals surface area contributed by atoms with Gasteiger partial charge >= 0.3 is 0 Å². The molecule has 3 nitrogen and oxygen atoms in total. The predicted molar refractivity (Wildman–Crippen MR) is 269 cm³/mol. The molecular formula is C61H42N2O. The van der Waals surface area contributed by atoms with Crippen LogP contribution in [0.5, 0.6) is 0 Å². The zero-order valence-corrected chi connectivity index (χ0v) is 35.6. The number of nitrogens with zero attached hydrogens (tertiary/aromatic N) is 2. The van der Waals surface area contributed by atoms with Crippen LogP contribution in [0.2, 0.25) is 0 Å². The zero-order chi connectivity index (χ0) is 42.5. The van der Waals surface area contributed by atoms with Crippen LogP contribution in [0.25, 0.3) is 93.6 Å². The normalized spacial score (nSPS) is 13.0. The van der Waals surface area contributed by atoms with Crippen molar-refractivity contribution in [3.8, 4) is 39.1 Å². The Kier molecular flexibility index (Phi) is 7.95. The molecular weight excluding hydrogens is 777 g/mol. The minimum absolute atomic E-state index is 0.125. The van der Waals surface area contributed by atoms with Crippen molar-refractivity contribution in [2.24, 2.45) is 0 Å². The molecule has 0 saturated heterocycles. The standard InChI is InChI=1S/C61H42N2O/c1-61(2)54-21-10-8-17-49(54)50-34-33-46(38-55(50)61)62(45-31-25-41(26-32-45)48-19-12-20-52-51-18-9-11-22-58(51)64-60(48)52)44-29-23-39(24-30-44)42-28-35-56-53(37-42)59-47-16-7-6-13-40(47)27-36-57(59)63(56)43-14-4-3-5-15-43/h3-38H,1-2H3. The number of fused-ring (bicyclic) bond motifs is 11. The Morgan fingerprint density at radius 3 is 1.86 bits per heavy atom. The molecule has 0 saturated carbocycles. The molecule has 0 N–H and O–H groups in total. The van der Waals surface area contributed by atoms with Crippen LogP contribution in [0.4, 0.5) is 17.1 Å². The summed E-state index contributed by atoms with van der Waals surface area (Å²) in [6.07, 6.45) is 0. The van der Waals surface area contributed by atoms with Crippen LogP contribution in [0, 0.1) is 0 Å². The lowest BCUT2D eigenvalue weighted by Crippen LogP contribution is -2.16. The van der Waals surface area contributed by atoms with Gasteiger partial charge in [-0.2, -0.15) is 0 Å². The van der Waals surface area contributed by atoms with Crippen molar-refractivity contribution in [3.05, 3.63) is 230 Å². The molecule has 64 heavy (non-hydrogen) atoms. The van der Waals surface area contributed by atoms with Crippen molar-refractivity contribution in [2.75, 3.05) is 4.90 Å². The van der Waals surface area contributed by atoms with Gasteiger partial charge in [0.25, 0.3) is 0 Å². The van der Waals surface area contributed by atoms with Gasteiger partial charge in [-0.15, -0.1) is 0 Å². The molecule has 2 aromatic heterocycles. The van der Waals surface area contributed by atoms with Crippen LogP contribution in [-0.4, -0.2) is 4.57 Å². The minimum atomic E-state index is -0.125. The van der Waals surface area contributed by atoms with E-state index < -0.39 is 0 Å². The van der Waals surface area contributed by atoms with Crippen LogP contribution in [-0.2, 0) is 5.41 Å². The van der Waals surface area contributed by atoms with Gasteiger partial charge in [-0.3, -0.25) is 0 Å². The summed E-state index contributed by atoms with van der Waals surface area (Å²) < 4.78 is 8.87. The second-order valence-electron chi connectivity index (χ2n) is 17.7. The maximum Gasteiger partial charge on any atom is 0.143 e. The summed E-state index contributed by atoms with van der Waals surface area (Å²) in [7, 11) is 0. The Bertz CT molecular complexity index is 3800. The number of furan rings is 1. The Hall–Kier alpha value is -8.14. The van der Waals surface area contributed by atoms with Crippen molar-refractivity contribution in [1.29, 1.82) is 0 Å². The summed E-state index contributed by atoms with van der Waals surface area (Å²) in [5.74, 6) is 0. The molecule has 12 aromatic rings. The molecule has 1 aliphatic carbocycles. The van der Waals surface area contributed by atoms with E-state index in [0.717, 1.165) is 55.8 Å². The molecule has 0 fully saturated rings. The van der Waals surface area contributed by atoms with Crippen molar-refractivity contribution < 1.29 is 4.42 Å². The molecule has 0 amide bonds. The Morgan fingerprint density at radius 1 is 0.406 bits per heavy atom. The van der Waals surface area contributed by atoms with Gasteiger partial charge in [0.2, 0.25) is 0 Å². The molecule has 0 unspecified atom stereocenters. The van der Waals surface area contributed by atoms with E-state index in [9.17, 15) is 0 Å². The summed E-state index contributed by atoms with van der Waals surface area (Å²) in [6, 6.07) is 79.6. The number of anilines is 3. The van der Waals surface area contributed by atoms with Crippen LogP contribution in [0.15, 0.2) is 223 Å². The highest BCUT2D eigenvalue weighted by atomic mass is 16.3. The fourth-order valence-corrected chi connectivity index (χ4v) is 10.7. The van der Waals surface area contributed by atoms with E-state index in [4.69, 9.17) is 4.42 Å². The third kappa shape index (κ3) is 5.47. The fraction of sp³-hybridized carbons (Fsp3) is 0.0492. The minimum Gasteiger partial charge on any atom is -0.455 e. The number of para-hydroxylation sites is 3. The van der Waals surface area contributed by atoms with E-state index in [1.54, 1.807) is 0 Å². The summed E-state index contributed by atoms with van der Waals surface area (Å²) in [4.78, 5) is 2.40. The summed E-state index contributed by atoms with van der Waals surface area (Å²) in [5.41, 5.74) is 18.5. The molecule has 3 heteroatoms. The largest absolute Gasteiger partial charge is 0.455 e. The third-order valence-electron chi connectivity index (χ3n) is 13.8. The topological polar surface area (TPSA) is 21.3 Å². The number of rotatable bonds is 6. The van der Waals surface area contributed by atoms with Crippen molar-refractivity contribution >= 4 is 71.6 Å². The Balaban J connectivity index is 0.936. The fourth-order valence-electron chi connectivity index (χ4n) is 10.7. The van der Waals surface area contributed by atoms with Crippen molar-refractivity contribution in [3.63, 3.8) is 0 Å². The first-order chi connectivity index (χ1) is 31.5. The Morgan fingerprint density at radius 2 is 1.03 bits per heavy atom. The van der Waals surface area contributed by atoms with E-state index >= 15 is 0 Å². The summed E-state index contributed by atoms with van der Waals surface area (Å²) in [6.45, 7) is 4.70. The summed E-state index contributed by atoms with van der Waals surface area (Å²) in [5, 5.41) is 7.32. The second-order valence-corrected chi connectivity index (χ2v) is 17.7.